The van der Waals surface area contributed by atoms with Crippen molar-refractivity contribution in [1.29, 1.82) is 0 Å². The highest BCUT2D eigenvalue weighted by molar-refractivity contribution is 5.58. The van der Waals surface area contributed by atoms with E-state index >= 15 is 0 Å². The number of nitrogens with zero attached hydrogens (tertiary/aromatic N) is 5. The largest absolute Gasteiger partial charge is 0.453 e. The number of alkyl halides is 3. The van der Waals surface area contributed by atoms with Gasteiger partial charge in [0.05, 0.1) is 0 Å². The fourth-order valence-electron chi connectivity index (χ4n) is 2.38. The Morgan fingerprint density at radius 3 is 2.67 bits per heavy atom. The smallest absolute Gasteiger partial charge is 0.368 e. The lowest BCUT2D eigenvalue weighted by atomic mass is 10.2. The number of nitrogens with one attached hydrogen (secondary N) is 2. The summed E-state index contributed by atoms with van der Waals surface area (Å²) in [5, 5.41) is 20.7. The first-order valence-electron chi connectivity index (χ1n) is 7.40. The molecule has 128 valence electrons. The average molecular weight is 339 g/mol. The topological polar surface area (TPSA) is 83.8 Å². The third kappa shape index (κ3) is 3.03. The Bertz CT molecular complexity index is 836. The van der Waals surface area contributed by atoms with Crippen LogP contribution < -0.4 is 5.32 Å². The molecule has 2 N–H and O–H groups in total. The molecule has 3 aromatic rings. The van der Waals surface area contributed by atoms with E-state index in [1.807, 2.05) is 6.07 Å². The van der Waals surface area contributed by atoms with Crippen molar-refractivity contribution < 1.29 is 13.2 Å². The minimum absolute atomic E-state index is 0.114. The highest BCUT2D eigenvalue weighted by Crippen LogP contribution is 2.29. The van der Waals surface area contributed by atoms with Gasteiger partial charge >= 0.3 is 6.18 Å². The maximum Gasteiger partial charge on any atom is 0.453 e. The van der Waals surface area contributed by atoms with Gasteiger partial charge in [-0.05, 0) is 38.3 Å². The summed E-state index contributed by atoms with van der Waals surface area (Å²) in [5.74, 6) is -0.726. The summed E-state index contributed by atoms with van der Waals surface area (Å²) in [6, 6.07) is 1.88. The molecule has 3 aromatic heterocycles. The molecule has 0 fully saturated rings. The molecule has 0 aromatic carbocycles. The number of rotatable bonds is 5. The zero-order valence-corrected chi connectivity index (χ0v) is 13.1. The summed E-state index contributed by atoms with van der Waals surface area (Å²) >= 11 is 0. The fraction of sp³-hybridized carbons (Fsp3) is 0.429. The lowest BCUT2D eigenvalue weighted by molar-refractivity contribution is -0.146. The molecule has 24 heavy (non-hydrogen) atoms. The number of halogens is 3. The third-order valence-electron chi connectivity index (χ3n) is 3.82. The molecular formula is C14H16F3N7. The molecule has 0 aliphatic carbocycles. The summed E-state index contributed by atoms with van der Waals surface area (Å²) in [5.41, 5.74) is 2.49. The number of H-pyrrole nitrogens is 1. The molecule has 3 rings (SSSR count). The maximum atomic E-state index is 13.0. The highest BCUT2D eigenvalue weighted by Gasteiger charge is 2.38. The summed E-state index contributed by atoms with van der Waals surface area (Å²) in [4.78, 5) is 0. The molecule has 0 unspecified atom stereocenters. The summed E-state index contributed by atoms with van der Waals surface area (Å²) in [6.07, 6.45) is -1.36. The number of fused-ring (bicyclic) bond motifs is 1. The van der Waals surface area contributed by atoms with E-state index in [1.165, 1.54) is 0 Å². The van der Waals surface area contributed by atoms with Crippen molar-refractivity contribution in [3.63, 3.8) is 0 Å². The van der Waals surface area contributed by atoms with E-state index < -0.39 is 12.0 Å². The van der Waals surface area contributed by atoms with Crippen LogP contribution in [0.15, 0.2) is 12.3 Å². The Morgan fingerprint density at radius 1 is 1.21 bits per heavy atom. The van der Waals surface area contributed by atoms with Gasteiger partial charge in [-0.15, -0.1) is 15.3 Å². The van der Waals surface area contributed by atoms with E-state index in [4.69, 9.17) is 0 Å². The van der Waals surface area contributed by atoms with Crippen molar-refractivity contribution in [2.24, 2.45) is 0 Å². The molecule has 0 spiro atoms. The minimum Gasteiger partial charge on any atom is -0.368 e. The van der Waals surface area contributed by atoms with Crippen molar-refractivity contribution >= 4 is 11.5 Å². The normalized spacial score (nSPS) is 12.0. The Hall–Kier alpha value is -2.65. The van der Waals surface area contributed by atoms with Gasteiger partial charge < -0.3 is 5.32 Å². The Balaban J connectivity index is 1.80. The number of hydrogen-bond donors (Lipinski definition) is 2. The van der Waals surface area contributed by atoms with Crippen LogP contribution in [0.1, 0.15) is 29.1 Å². The fourth-order valence-corrected chi connectivity index (χ4v) is 2.38. The predicted octanol–water partition coefficient (Wildman–Crippen LogP) is 2.53. The van der Waals surface area contributed by atoms with E-state index in [0.29, 0.717) is 17.9 Å². The van der Waals surface area contributed by atoms with Crippen LogP contribution in [0, 0.1) is 13.8 Å². The van der Waals surface area contributed by atoms with Gasteiger partial charge in [0, 0.05) is 24.0 Å². The molecule has 0 saturated heterocycles. The first kappa shape index (κ1) is 16.2. The van der Waals surface area contributed by atoms with Crippen LogP contribution in [-0.4, -0.2) is 36.6 Å². The van der Waals surface area contributed by atoms with E-state index in [0.717, 1.165) is 28.6 Å². The van der Waals surface area contributed by atoms with E-state index in [-0.39, 0.29) is 5.65 Å². The highest BCUT2D eigenvalue weighted by atomic mass is 19.4. The molecule has 0 saturated carbocycles. The third-order valence-corrected chi connectivity index (χ3v) is 3.82. The first-order chi connectivity index (χ1) is 11.4. The average Bonchev–Trinajstić information content (AvgIpc) is 3.16. The van der Waals surface area contributed by atoms with Gasteiger partial charge in [-0.3, -0.25) is 5.10 Å². The summed E-state index contributed by atoms with van der Waals surface area (Å²) in [7, 11) is 0. The van der Waals surface area contributed by atoms with Gasteiger partial charge in [0.2, 0.25) is 0 Å². The van der Waals surface area contributed by atoms with Crippen LogP contribution in [0.25, 0.3) is 5.65 Å². The summed E-state index contributed by atoms with van der Waals surface area (Å²) in [6.45, 7) is 4.07. The quantitative estimate of drug-likeness (QED) is 0.698. The van der Waals surface area contributed by atoms with Gasteiger partial charge in [0.15, 0.2) is 5.65 Å². The number of aryl methyl sites for hydroxylation is 2. The maximum absolute atomic E-state index is 13.0. The van der Waals surface area contributed by atoms with Crippen molar-refractivity contribution in [1.82, 2.24) is 30.0 Å². The van der Waals surface area contributed by atoms with Gasteiger partial charge in [-0.25, -0.2) is 0 Å². The molecule has 0 amide bonds. The van der Waals surface area contributed by atoms with E-state index in [2.05, 4.69) is 30.8 Å². The summed E-state index contributed by atoms with van der Waals surface area (Å²) < 4.78 is 39.7. The molecular weight excluding hydrogens is 323 g/mol. The minimum atomic E-state index is -4.61. The molecule has 0 aliphatic heterocycles. The van der Waals surface area contributed by atoms with Gasteiger partial charge in [0.1, 0.15) is 5.82 Å². The van der Waals surface area contributed by atoms with Crippen molar-refractivity contribution in [3.8, 4) is 0 Å². The number of anilines is 1. The number of hydrogen-bond acceptors (Lipinski definition) is 5. The Labute approximate surface area is 135 Å². The second kappa shape index (κ2) is 6.10. The van der Waals surface area contributed by atoms with E-state index in [1.54, 1.807) is 20.0 Å². The predicted molar refractivity (Wildman–Crippen MR) is 80.7 cm³/mol. The molecule has 0 aliphatic rings. The molecule has 7 nitrogen and oxygen atoms in total. The Morgan fingerprint density at radius 2 is 2.00 bits per heavy atom. The molecule has 0 radical (unpaired) electrons. The van der Waals surface area contributed by atoms with Crippen LogP contribution in [0.5, 0.6) is 0 Å². The monoisotopic (exact) mass is 339 g/mol. The van der Waals surface area contributed by atoms with Crippen molar-refractivity contribution in [2.45, 2.75) is 32.9 Å². The van der Waals surface area contributed by atoms with Crippen molar-refractivity contribution in [2.75, 3.05) is 11.9 Å². The van der Waals surface area contributed by atoms with Gasteiger partial charge in [0.25, 0.3) is 5.82 Å². The lowest BCUT2D eigenvalue weighted by Crippen LogP contribution is -2.15. The number of aromatic nitrogens is 6. The Kier molecular flexibility index (Phi) is 4.12. The van der Waals surface area contributed by atoms with Crippen LogP contribution in [0.3, 0.4) is 0 Å². The van der Waals surface area contributed by atoms with E-state index in [9.17, 15) is 13.2 Å². The second-order valence-electron chi connectivity index (χ2n) is 5.47. The first-order valence-corrected chi connectivity index (χ1v) is 7.40. The second-order valence-corrected chi connectivity index (χ2v) is 5.47. The molecule has 0 atom stereocenters. The van der Waals surface area contributed by atoms with Gasteiger partial charge in [-0.2, -0.15) is 22.8 Å². The zero-order valence-electron chi connectivity index (χ0n) is 13.1. The molecule has 0 bridgehead atoms. The van der Waals surface area contributed by atoms with Crippen LogP contribution in [-0.2, 0) is 12.6 Å². The van der Waals surface area contributed by atoms with Crippen LogP contribution >= 0.6 is 0 Å². The van der Waals surface area contributed by atoms with Crippen molar-refractivity contribution in [3.05, 3.63) is 34.9 Å². The SMILES string of the molecule is Cc1c(NCCCc2ccn[nH]2)nn2c(C(F)(F)F)nnc2c1C. The molecule has 3 heterocycles. The van der Waals surface area contributed by atoms with Crippen LogP contribution in [0.2, 0.25) is 0 Å². The molecule has 10 heteroatoms. The zero-order chi connectivity index (χ0) is 17.3. The van der Waals surface area contributed by atoms with Crippen LogP contribution in [0.4, 0.5) is 19.0 Å². The lowest BCUT2D eigenvalue weighted by Gasteiger charge is -2.12. The number of aromatic amines is 1. The van der Waals surface area contributed by atoms with Gasteiger partial charge in [-0.1, -0.05) is 0 Å². The standard InChI is InChI=1S/C14H16F3N7/c1-8-9(2)12-21-22-13(14(15,16)17)24(12)23-11(8)18-6-3-4-10-5-7-19-20-10/h5,7H,3-4,6H2,1-2H3,(H,18,23)(H,19,20).